The molecule has 0 radical (unpaired) electrons. The van der Waals surface area contributed by atoms with E-state index in [9.17, 15) is 19.5 Å². The number of hydrogen-bond donors (Lipinski definition) is 3. The average molecular weight is 332 g/mol. The zero-order chi connectivity index (χ0) is 16.4. The Morgan fingerprint density at radius 3 is 2.48 bits per heavy atom. The highest BCUT2D eigenvalue weighted by atomic mass is 32.1. The monoisotopic (exact) mass is 332 g/mol. The fourth-order valence-corrected chi connectivity index (χ4v) is 3.96. The van der Waals surface area contributed by atoms with Gasteiger partial charge in [-0.15, -0.1) is 11.3 Å². The number of aromatic carboxylic acids is 1. The molecule has 2 aromatic rings. The van der Waals surface area contributed by atoms with E-state index in [4.69, 9.17) is 0 Å². The van der Waals surface area contributed by atoms with Gasteiger partial charge in [0.1, 0.15) is 4.88 Å². The molecule has 2 aromatic heterocycles. The first kappa shape index (κ1) is 15.5. The van der Waals surface area contributed by atoms with Crippen LogP contribution in [0.1, 0.15) is 48.9 Å². The number of amides is 1. The summed E-state index contributed by atoms with van der Waals surface area (Å²) in [4.78, 5) is 38.1. The highest BCUT2D eigenvalue weighted by molar-refractivity contribution is 7.16. The van der Waals surface area contributed by atoms with Gasteiger partial charge in [0.15, 0.2) is 0 Å². The predicted octanol–water partition coefficient (Wildman–Crippen LogP) is 1.94. The van der Waals surface area contributed by atoms with E-state index < -0.39 is 5.97 Å². The van der Waals surface area contributed by atoms with Crippen molar-refractivity contribution in [2.24, 2.45) is 0 Å². The minimum Gasteiger partial charge on any atom is -0.477 e. The molecule has 2 heterocycles. The molecule has 0 aromatic carbocycles. The van der Waals surface area contributed by atoms with Gasteiger partial charge in [0.25, 0.3) is 5.91 Å². The molecule has 3 N–H and O–H groups in total. The number of pyridine rings is 1. The second-order valence-corrected chi connectivity index (χ2v) is 6.49. The summed E-state index contributed by atoms with van der Waals surface area (Å²) in [6, 6.07) is 3.04. The van der Waals surface area contributed by atoms with E-state index >= 15 is 0 Å². The summed E-state index contributed by atoms with van der Waals surface area (Å²) in [7, 11) is 0. The molecule has 23 heavy (non-hydrogen) atoms. The highest BCUT2D eigenvalue weighted by Gasteiger charge is 2.27. The number of aromatic nitrogens is 1. The summed E-state index contributed by atoms with van der Waals surface area (Å²) in [5.41, 5.74) is 2.29. The molecule has 3 rings (SSSR count). The topological polar surface area (TPSA) is 99.3 Å². The van der Waals surface area contributed by atoms with Crippen LogP contribution in [0.3, 0.4) is 0 Å². The Labute approximate surface area is 136 Å². The zero-order valence-electron chi connectivity index (χ0n) is 12.3. The molecule has 120 valence electrons. The number of nitrogens with one attached hydrogen (secondary N) is 2. The lowest BCUT2D eigenvalue weighted by Crippen LogP contribution is -2.23. The van der Waals surface area contributed by atoms with Gasteiger partial charge in [0.2, 0.25) is 5.56 Å². The maximum absolute atomic E-state index is 12.4. The smallest absolute Gasteiger partial charge is 0.346 e. The predicted molar refractivity (Wildman–Crippen MR) is 86.2 cm³/mol. The summed E-state index contributed by atoms with van der Waals surface area (Å²) in [5.74, 6) is -1.22. The molecular weight excluding hydrogens is 316 g/mol. The maximum atomic E-state index is 12.4. The summed E-state index contributed by atoms with van der Waals surface area (Å²) < 4.78 is 0. The van der Waals surface area contributed by atoms with Gasteiger partial charge in [0.05, 0.1) is 4.88 Å². The lowest BCUT2D eigenvalue weighted by atomic mass is 9.92. The van der Waals surface area contributed by atoms with Gasteiger partial charge in [-0.2, -0.15) is 0 Å². The molecule has 0 unspecified atom stereocenters. The lowest BCUT2D eigenvalue weighted by Gasteiger charge is -2.13. The van der Waals surface area contributed by atoms with Crippen LogP contribution in [-0.4, -0.2) is 22.0 Å². The van der Waals surface area contributed by atoms with Crippen LogP contribution in [0.4, 0.5) is 0 Å². The van der Waals surface area contributed by atoms with E-state index in [1.165, 1.54) is 6.07 Å². The van der Waals surface area contributed by atoms with Crippen molar-refractivity contribution in [3.8, 4) is 0 Å². The number of fused-ring (bicyclic) bond motifs is 1. The van der Waals surface area contributed by atoms with E-state index in [2.05, 4.69) is 10.3 Å². The number of carboxylic acids is 1. The zero-order valence-corrected chi connectivity index (χ0v) is 13.2. The minimum absolute atomic E-state index is 0.196. The first-order chi connectivity index (χ1) is 11.1. The molecule has 6 nitrogen and oxygen atoms in total. The Hall–Kier alpha value is -2.41. The van der Waals surface area contributed by atoms with Crippen LogP contribution in [0, 0.1) is 0 Å². The third-order valence-electron chi connectivity index (χ3n) is 3.92. The van der Waals surface area contributed by atoms with Gasteiger partial charge in [-0.3, -0.25) is 9.59 Å². The quantitative estimate of drug-likeness (QED) is 0.797. The van der Waals surface area contributed by atoms with E-state index in [0.717, 1.165) is 53.7 Å². The van der Waals surface area contributed by atoms with Gasteiger partial charge >= 0.3 is 5.97 Å². The fourth-order valence-electron chi connectivity index (χ4n) is 2.80. The number of carbonyl (C=O) groups is 2. The molecule has 0 spiro atoms. The number of H-pyrrole nitrogens is 1. The van der Waals surface area contributed by atoms with Gasteiger partial charge in [-0.1, -0.05) is 6.07 Å². The molecule has 0 atom stereocenters. The van der Waals surface area contributed by atoms with Crippen molar-refractivity contribution in [1.29, 1.82) is 0 Å². The van der Waals surface area contributed by atoms with Crippen molar-refractivity contribution in [2.45, 2.75) is 32.2 Å². The number of hydrogen-bond acceptors (Lipinski definition) is 4. The molecule has 0 bridgehead atoms. The van der Waals surface area contributed by atoms with Gasteiger partial charge in [-0.25, -0.2) is 4.79 Å². The third-order valence-corrected chi connectivity index (χ3v) is 5.18. The summed E-state index contributed by atoms with van der Waals surface area (Å²) in [5, 5.41) is 12.1. The molecule has 0 saturated heterocycles. The van der Waals surface area contributed by atoms with Crippen LogP contribution in [0.5, 0.6) is 0 Å². The molecule has 0 saturated carbocycles. The highest BCUT2D eigenvalue weighted by Crippen LogP contribution is 2.34. The molecule has 0 fully saturated rings. The lowest BCUT2D eigenvalue weighted by molar-refractivity contribution is 0.0700. The van der Waals surface area contributed by atoms with Gasteiger partial charge < -0.3 is 15.4 Å². The van der Waals surface area contributed by atoms with Crippen molar-refractivity contribution in [2.75, 3.05) is 0 Å². The Bertz CT molecular complexity index is 801. The number of thiophene rings is 1. The normalized spacial score (nSPS) is 13.4. The van der Waals surface area contributed by atoms with Crippen LogP contribution >= 0.6 is 11.3 Å². The van der Waals surface area contributed by atoms with E-state index in [1.807, 2.05) is 0 Å². The van der Waals surface area contributed by atoms with Crippen molar-refractivity contribution in [3.63, 3.8) is 0 Å². The van der Waals surface area contributed by atoms with Gasteiger partial charge in [0, 0.05) is 18.8 Å². The first-order valence-electron chi connectivity index (χ1n) is 7.40. The Balaban J connectivity index is 1.80. The van der Waals surface area contributed by atoms with E-state index in [1.54, 1.807) is 12.3 Å². The first-order valence-corrected chi connectivity index (χ1v) is 8.21. The Morgan fingerprint density at radius 1 is 1.17 bits per heavy atom. The number of carbonyl (C=O) groups excluding carboxylic acids is 1. The maximum Gasteiger partial charge on any atom is 0.346 e. The molecule has 1 amide bonds. The van der Waals surface area contributed by atoms with Crippen molar-refractivity contribution >= 4 is 23.2 Å². The fraction of sp³-hybridized carbons (Fsp3) is 0.312. The summed E-state index contributed by atoms with van der Waals surface area (Å²) >= 11 is 1.06. The Morgan fingerprint density at radius 2 is 1.87 bits per heavy atom. The van der Waals surface area contributed by atoms with Crippen LogP contribution in [-0.2, 0) is 19.4 Å². The SMILES string of the molecule is O=C(O)c1sc(C(=O)NCc2ccc(=O)[nH]c2)c2c1CCCC2. The van der Waals surface area contributed by atoms with Crippen LogP contribution in [0.2, 0.25) is 0 Å². The van der Waals surface area contributed by atoms with Crippen LogP contribution < -0.4 is 10.9 Å². The van der Waals surface area contributed by atoms with Crippen molar-refractivity contribution in [1.82, 2.24) is 10.3 Å². The number of rotatable bonds is 4. The van der Waals surface area contributed by atoms with E-state index in [0.29, 0.717) is 4.88 Å². The largest absolute Gasteiger partial charge is 0.477 e. The second kappa shape index (κ2) is 6.37. The molecular formula is C16H16N2O4S. The summed E-state index contributed by atoms with van der Waals surface area (Å²) in [6.07, 6.45) is 4.96. The Kier molecular flexibility index (Phi) is 4.29. The minimum atomic E-state index is -0.965. The second-order valence-electron chi connectivity index (χ2n) is 5.47. The molecule has 1 aliphatic rings. The van der Waals surface area contributed by atoms with Crippen molar-refractivity contribution in [3.05, 3.63) is 55.1 Å². The standard InChI is InChI=1S/C16H16N2O4S/c19-12-6-5-9(7-17-12)8-18-15(20)13-10-3-1-2-4-11(10)14(23-13)16(21)22/h5-7H,1-4,8H2,(H,17,19)(H,18,20)(H,21,22). The van der Waals surface area contributed by atoms with Crippen molar-refractivity contribution < 1.29 is 14.7 Å². The number of carboxylic acid groups (broad SMARTS) is 1. The number of aromatic amines is 1. The average Bonchev–Trinajstić information content (AvgIpc) is 2.94. The van der Waals surface area contributed by atoms with E-state index in [-0.39, 0.29) is 22.9 Å². The molecule has 1 aliphatic carbocycles. The van der Waals surface area contributed by atoms with Crippen LogP contribution in [0.15, 0.2) is 23.1 Å². The molecule has 7 heteroatoms. The summed E-state index contributed by atoms with van der Waals surface area (Å²) in [6.45, 7) is 0.282. The van der Waals surface area contributed by atoms with Crippen LogP contribution in [0.25, 0.3) is 0 Å². The third kappa shape index (κ3) is 3.19. The molecule has 0 aliphatic heterocycles. The van der Waals surface area contributed by atoms with Gasteiger partial charge in [-0.05, 0) is 42.4 Å².